The van der Waals surface area contributed by atoms with Gasteiger partial charge in [0.05, 0.1) is 24.3 Å². The van der Waals surface area contributed by atoms with Crippen molar-refractivity contribution in [2.75, 3.05) is 25.1 Å². The monoisotopic (exact) mass is 246 g/mol. The van der Waals surface area contributed by atoms with E-state index in [1.165, 1.54) is 0 Å². The van der Waals surface area contributed by atoms with Crippen LogP contribution in [0.15, 0.2) is 18.2 Å². The van der Waals surface area contributed by atoms with E-state index in [4.69, 9.17) is 15.1 Å². The standard InChI is InChI=1S/C13H14N2O3/c1-18-11-3-2-9(7-14)12(6-11)15-5-4-10(8-15)13(16)17/h2-3,6,10H,4-5,8H2,1H3,(H,16,17). The first-order chi connectivity index (χ1) is 8.65. The highest BCUT2D eigenvalue weighted by Gasteiger charge is 2.29. The van der Waals surface area contributed by atoms with Gasteiger partial charge in [0.2, 0.25) is 0 Å². The molecule has 1 heterocycles. The average Bonchev–Trinajstić information content (AvgIpc) is 2.87. The zero-order chi connectivity index (χ0) is 13.1. The van der Waals surface area contributed by atoms with E-state index in [2.05, 4.69) is 6.07 Å². The Morgan fingerprint density at radius 3 is 2.94 bits per heavy atom. The van der Waals surface area contributed by atoms with Crippen molar-refractivity contribution in [1.82, 2.24) is 0 Å². The van der Waals surface area contributed by atoms with E-state index < -0.39 is 5.97 Å². The van der Waals surface area contributed by atoms with Crippen LogP contribution in [0.3, 0.4) is 0 Å². The van der Waals surface area contributed by atoms with Gasteiger partial charge in [0.15, 0.2) is 0 Å². The molecule has 1 aromatic carbocycles. The van der Waals surface area contributed by atoms with Gasteiger partial charge in [-0.1, -0.05) is 0 Å². The minimum Gasteiger partial charge on any atom is -0.497 e. The van der Waals surface area contributed by atoms with Gasteiger partial charge in [-0.05, 0) is 18.6 Å². The van der Waals surface area contributed by atoms with E-state index in [1.807, 2.05) is 4.90 Å². The third-order valence-electron chi connectivity index (χ3n) is 3.20. The van der Waals surface area contributed by atoms with Crippen molar-refractivity contribution in [2.45, 2.75) is 6.42 Å². The smallest absolute Gasteiger partial charge is 0.308 e. The first-order valence-electron chi connectivity index (χ1n) is 5.71. The molecule has 94 valence electrons. The highest BCUT2D eigenvalue weighted by atomic mass is 16.5. The molecule has 2 rings (SSSR count). The molecule has 5 nitrogen and oxygen atoms in total. The molecule has 1 aliphatic heterocycles. The summed E-state index contributed by atoms with van der Waals surface area (Å²) in [5.41, 5.74) is 1.29. The Balaban J connectivity index is 2.28. The maximum absolute atomic E-state index is 10.9. The van der Waals surface area contributed by atoms with Crippen molar-refractivity contribution in [3.05, 3.63) is 23.8 Å². The Morgan fingerprint density at radius 2 is 2.39 bits per heavy atom. The summed E-state index contributed by atoms with van der Waals surface area (Å²) in [6.07, 6.45) is 0.609. The molecule has 1 unspecified atom stereocenters. The van der Waals surface area contributed by atoms with Crippen molar-refractivity contribution >= 4 is 11.7 Å². The van der Waals surface area contributed by atoms with Gasteiger partial charge in [-0.15, -0.1) is 0 Å². The second-order valence-corrected chi connectivity index (χ2v) is 4.26. The number of nitriles is 1. The van der Waals surface area contributed by atoms with E-state index in [0.717, 1.165) is 5.69 Å². The fraction of sp³-hybridized carbons (Fsp3) is 0.385. The van der Waals surface area contributed by atoms with Crippen LogP contribution in [0.5, 0.6) is 5.75 Å². The summed E-state index contributed by atoms with van der Waals surface area (Å²) in [5.74, 6) is -0.468. The van der Waals surface area contributed by atoms with Crippen molar-refractivity contribution in [3.8, 4) is 11.8 Å². The lowest BCUT2D eigenvalue weighted by Crippen LogP contribution is -2.23. The van der Waals surface area contributed by atoms with Gasteiger partial charge in [0.1, 0.15) is 11.8 Å². The highest BCUT2D eigenvalue weighted by Crippen LogP contribution is 2.30. The molecule has 0 amide bonds. The number of carboxylic acids is 1. The van der Waals surface area contributed by atoms with Gasteiger partial charge >= 0.3 is 5.97 Å². The Hall–Kier alpha value is -2.22. The van der Waals surface area contributed by atoms with Crippen LogP contribution in [-0.2, 0) is 4.79 Å². The van der Waals surface area contributed by atoms with Crippen LogP contribution in [-0.4, -0.2) is 31.3 Å². The maximum Gasteiger partial charge on any atom is 0.308 e. The van der Waals surface area contributed by atoms with Crippen LogP contribution in [0.1, 0.15) is 12.0 Å². The van der Waals surface area contributed by atoms with E-state index in [-0.39, 0.29) is 5.92 Å². The molecular weight excluding hydrogens is 232 g/mol. The maximum atomic E-state index is 10.9. The third kappa shape index (κ3) is 2.23. The minimum atomic E-state index is -0.779. The van der Waals surface area contributed by atoms with Crippen molar-refractivity contribution in [1.29, 1.82) is 5.26 Å². The number of ether oxygens (including phenoxy) is 1. The second kappa shape index (κ2) is 4.96. The molecule has 18 heavy (non-hydrogen) atoms. The summed E-state index contributed by atoms with van der Waals surface area (Å²) in [4.78, 5) is 12.9. The normalized spacial score (nSPS) is 18.4. The number of aliphatic carboxylic acids is 1. The lowest BCUT2D eigenvalue weighted by Gasteiger charge is -2.20. The van der Waals surface area contributed by atoms with Crippen molar-refractivity contribution in [3.63, 3.8) is 0 Å². The van der Waals surface area contributed by atoms with Crippen LogP contribution >= 0.6 is 0 Å². The van der Waals surface area contributed by atoms with Gasteiger partial charge in [-0.3, -0.25) is 4.79 Å². The van der Waals surface area contributed by atoms with Gasteiger partial charge < -0.3 is 14.7 Å². The van der Waals surface area contributed by atoms with Crippen LogP contribution in [0.4, 0.5) is 5.69 Å². The fourth-order valence-corrected chi connectivity index (χ4v) is 2.18. The molecule has 1 atom stereocenters. The Kier molecular flexibility index (Phi) is 3.38. The molecule has 1 fully saturated rings. The largest absolute Gasteiger partial charge is 0.497 e. The van der Waals surface area contributed by atoms with E-state index in [1.54, 1.807) is 25.3 Å². The zero-order valence-corrected chi connectivity index (χ0v) is 10.1. The lowest BCUT2D eigenvalue weighted by molar-refractivity contribution is -0.140. The topological polar surface area (TPSA) is 73.6 Å². The fourth-order valence-electron chi connectivity index (χ4n) is 2.18. The highest BCUT2D eigenvalue weighted by molar-refractivity contribution is 5.73. The van der Waals surface area contributed by atoms with E-state index in [0.29, 0.717) is 30.8 Å². The molecule has 1 aromatic rings. The zero-order valence-electron chi connectivity index (χ0n) is 10.1. The number of nitrogens with zero attached hydrogens (tertiary/aromatic N) is 2. The summed E-state index contributed by atoms with van der Waals surface area (Å²) in [5, 5.41) is 18.1. The quantitative estimate of drug-likeness (QED) is 0.874. The van der Waals surface area contributed by atoms with Crippen LogP contribution < -0.4 is 9.64 Å². The number of methoxy groups -OCH3 is 1. The molecule has 0 aromatic heterocycles. The number of anilines is 1. The molecule has 1 aliphatic rings. The average molecular weight is 246 g/mol. The second-order valence-electron chi connectivity index (χ2n) is 4.26. The molecule has 1 saturated heterocycles. The molecule has 0 bridgehead atoms. The molecule has 0 spiro atoms. The van der Waals surface area contributed by atoms with Crippen molar-refractivity contribution in [2.24, 2.45) is 5.92 Å². The number of hydrogen-bond acceptors (Lipinski definition) is 4. The predicted molar refractivity (Wildman–Crippen MR) is 65.7 cm³/mol. The minimum absolute atomic E-state index is 0.359. The van der Waals surface area contributed by atoms with Gasteiger partial charge in [0, 0.05) is 19.2 Å². The molecule has 0 aliphatic carbocycles. The SMILES string of the molecule is COc1ccc(C#N)c(N2CCC(C(=O)O)C2)c1. The molecule has 0 saturated carbocycles. The summed E-state index contributed by atoms with van der Waals surface area (Å²) < 4.78 is 5.14. The number of benzene rings is 1. The number of hydrogen-bond donors (Lipinski definition) is 1. The first-order valence-corrected chi connectivity index (χ1v) is 5.71. The molecule has 0 radical (unpaired) electrons. The summed E-state index contributed by atoms with van der Waals surface area (Å²) in [7, 11) is 1.56. The van der Waals surface area contributed by atoms with E-state index in [9.17, 15) is 4.79 Å². The van der Waals surface area contributed by atoms with Crippen LogP contribution in [0.2, 0.25) is 0 Å². The third-order valence-corrected chi connectivity index (χ3v) is 3.20. The Bertz CT molecular complexity index is 507. The summed E-state index contributed by atoms with van der Waals surface area (Å²) in [6.45, 7) is 1.09. The number of rotatable bonds is 3. The van der Waals surface area contributed by atoms with Crippen LogP contribution in [0.25, 0.3) is 0 Å². The lowest BCUT2D eigenvalue weighted by atomic mass is 10.1. The number of carbonyl (C=O) groups is 1. The summed E-state index contributed by atoms with van der Waals surface area (Å²) >= 11 is 0. The van der Waals surface area contributed by atoms with E-state index >= 15 is 0 Å². The van der Waals surface area contributed by atoms with Gasteiger partial charge in [-0.2, -0.15) is 5.26 Å². The predicted octanol–water partition coefficient (Wildman–Crippen LogP) is 1.48. The van der Waals surface area contributed by atoms with Gasteiger partial charge in [-0.25, -0.2) is 0 Å². The molecular formula is C13H14N2O3. The Morgan fingerprint density at radius 1 is 1.61 bits per heavy atom. The first kappa shape index (κ1) is 12.2. The number of carboxylic acid groups (broad SMARTS) is 1. The van der Waals surface area contributed by atoms with Crippen molar-refractivity contribution < 1.29 is 14.6 Å². The molecule has 1 N–H and O–H groups in total. The summed E-state index contributed by atoms with van der Waals surface area (Å²) in [6, 6.07) is 7.33. The molecule has 5 heteroatoms. The van der Waals surface area contributed by atoms with Gasteiger partial charge in [0.25, 0.3) is 0 Å². The van der Waals surface area contributed by atoms with Crippen LogP contribution in [0, 0.1) is 17.2 Å². The Labute approximate surface area is 105 Å².